The summed E-state index contributed by atoms with van der Waals surface area (Å²) in [7, 11) is 0. The molecule has 3 N–H and O–H groups in total. The van der Waals surface area contributed by atoms with E-state index < -0.39 is 0 Å². The molecule has 0 aromatic carbocycles. The summed E-state index contributed by atoms with van der Waals surface area (Å²) < 4.78 is 4.28. The highest BCUT2D eigenvalue weighted by Gasteiger charge is 2.21. The van der Waals surface area contributed by atoms with Gasteiger partial charge >= 0.3 is 0 Å². The average Bonchev–Trinajstić information content (AvgIpc) is 3.00. The fourth-order valence-electron chi connectivity index (χ4n) is 1.96. The lowest BCUT2D eigenvalue weighted by Crippen LogP contribution is -2.27. The molecule has 2 aromatic heterocycles. The van der Waals surface area contributed by atoms with Gasteiger partial charge in [0.2, 0.25) is 0 Å². The van der Waals surface area contributed by atoms with E-state index in [9.17, 15) is 5.11 Å². The third kappa shape index (κ3) is 3.28. The Balaban J connectivity index is 2.35. The van der Waals surface area contributed by atoms with Crippen LogP contribution in [-0.2, 0) is 0 Å². The molecule has 0 saturated carbocycles. The summed E-state index contributed by atoms with van der Waals surface area (Å²) in [6, 6.07) is 0. The van der Waals surface area contributed by atoms with Crippen LogP contribution in [0.25, 0.3) is 10.6 Å². The van der Waals surface area contributed by atoms with Gasteiger partial charge < -0.3 is 15.7 Å². The van der Waals surface area contributed by atoms with Crippen molar-refractivity contribution in [1.29, 1.82) is 0 Å². The number of hydrogen-bond acceptors (Lipinski definition) is 7. The zero-order valence-corrected chi connectivity index (χ0v) is 13.4. The van der Waals surface area contributed by atoms with Crippen LogP contribution in [0.2, 0.25) is 0 Å². The van der Waals surface area contributed by atoms with Crippen molar-refractivity contribution in [2.75, 3.05) is 30.3 Å². The molecule has 0 unspecified atom stereocenters. The minimum atomic E-state index is 0.123. The van der Waals surface area contributed by atoms with Gasteiger partial charge in [0.15, 0.2) is 0 Å². The number of unbranched alkanes of at least 4 members (excludes halogenated alkanes) is 1. The summed E-state index contributed by atoms with van der Waals surface area (Å²) in [5.74, 6) is 0.527. The fourth-order valence-corrected chi connectivity index (χ4v) is 3.75. The number of rotatable bonds is 7. The number of nitrogens with zero attached hydrogens (tertiary/aromatic N) is 3. The highest BCUT2D eigenvalue weighted by molar-refractivity contribution is 7.15. The molecule has 2 aromatic rings. The molecule has 5 nitrogen and oxygen atoms in total. The van der Waals surface area contributed by atoms with E-state index in [1.54, 1.807) is 11.3 Å². The average molecular weight is 312 g/mol. The van der Waals surface area contributed by atoms with Crippen molar-refractivity contribution in [3.8, 4) is 10.6 Å². The van der Waals surface area contributed by atoms with Gasteiger partial charge in [-0.15, -0.1) is 11.3 Å². The zero-order valence-electron chi connectivity index (χ0n) is 11.8. The van der Waals surface area contributed by atoms with Gasteiger partial charge in [-0.05, 0) is 24.9 Å². The molecule has 0 aliphatic rings. The van der Waals surface area contributed by atoms with Gasteiger partial charge in [-0.2, -0.15) is 4.37 Å². The smallest absolute Gasteiger partial charge is 0.149 e. The van der Waals surface area contributed by atoms with E-state index in [0.717, 1.165) is 40.7 Å². The number of nitrogens with two attached hydrogens (primary N) is 1. The molecule has 0 spiro atoms. The minimum absolute atomic E-state index is 0.123. The van der Waals surface area contributed by atoms with Gasteiger partial charge in [0.05, 0.1) is 12.2 Å². The van der Waals surface area contributed by atoms with Crippen LogP contribution in [0.1, 0.15) is 25.5 Å². The number of aliphatic hydroxyl groups is 1. The van der Waals surface area contributed by atoms with E-state index in [-0.39, 0.29) is 6.61 Å². The Kier molecular flexibility index (Phi) is 5.33. The van der Waals surface area contributed by atoms with Crippen molar-refractivity contribution in [2.45, 2.75) is 26.7 Å². The molecule has 0 fully saturated rings. The van der Waals surface area contributed by atoms with Crippen LogP contribution in [0.15, 0.2) is 5.38 Å². The van der Waals surface area contributed by atoms with E-state index in [2.05, 4.69) is 21.2 Å². The maximum Gasteiger partial charge on any atom is 0.149 e. The molecule has 0 aliphatic carbocycles. The second-order valence-electron chi connectivity index (χ2n) is 4.61. The zero-order chi connectivity index (χ0) is 14.5. The van der Waals surface area contributed by atoms with E-state index in [4.69, 9.17) is 5.73 Å². The standard InChI is InChI=1S/C13H20N4OS2/c1-3-4-5-17(6-7-18)13-10(11(14)16-20-13)12-15-9(2)8-19-12/h8,18H,3-7H2,1-2H3,(H2,14,16). The van der Waals surface area contributed by atoms with Crippen molar-refractivity contribution >= 4 is 33.7 Å². The van der Waals surface area contributed by atoms with Gasteiger partial charge in [-0.3, -0.25) is 0 Å². The first-order valence-electron chi connectivity index (χ1n) is 6.70. The van der Waals surface area contributed by atoms with Crippen LogP contribution < -0.4 is 10.6 Å². The van der Waals surface area contributed by atoms with Gasteiger partial charge in [0.25, 0.3) is 0 Å². The van der Waals surface area contributed by atoms with Crippen LogP contribution >= 0.6 is 22.9 Å². The van der Waals surface area contributed by atoms with Crippen molar-refractivity contribution in [3.63, 3.8) is 0 Å². The summed E-state index contributed by atoms with van der Waals surface area (Å²) in [5, 5.41) is 13.2. The second-order valence-corrected chi connectivity index (χ2v) is 6.22. The summed E-state index contributed by atoms with van der Waals surface area (Å²) >= 11 is 2.97. The van der Waals surface area contributed by atoms with E-state index in [1.165, 1.54) is 11.5 Å². The molecular weight excluding hydrogens is 292 g/mol. The highest BCUT2D eigenvalue weighted by Crippen LogP contribution is 2.40. The highest BCUT2D eigenvalue weighted by atomic mass is 32.1. The largest absolute Gasteiger partial charge is 0.395 e. The number of nitrogen functional groups attached to an aromatic ring is 1. The monoisotopic (exact) mass is 312 g/mol. The van der Waals surface area contributed by atoms with Crippen molar-refractivity contribution < 1.29 is 5.11 Å². The lowest BCUT2D eigenvalue weighted by Gasteiger charge is -2.22. The Morgan fingerprint density at radius 3 is 2.80 bits per heavy atom. The molecule has 0 aliphatic heterocycles. The Morgan fingerprint density at radius 1 is 1.40 bits per heavy atom. The second kappa shape index (κ2) is 7.01. The topological polar surface area (TPSA) is 75.3 Å². The number of aryl methyl sites for hydroxylation is 1. The summed E-state index contributed by atoms with van der Waals surface area (Å²) in [4.78, 5) is 6.67. The number of aliphatic hydroxyl groups excluding tert-OH is 1. The molecule has 7 heteroatoms. The predicted octanol–water partition coefficient (Wildman–Crippen LogP) is 2.76. The minimum Gasteiger partial charge on any atom is -0.395 e. The van der Waals surface area contributed by atoms with Crippen LogP contribution in [0.5, 0.6) is 0 Å². The summed E-state index contributed by atoms with van der Waals surface area (Å²) in [6.07, 6.45) is 2.19. The Labute approximate surface area is 127 Å². The molecular formula is C13H20N4OS2. The van der Waals surface area contributed by atoms with Crippen molar-refractivity contribution in [3.05, 3.63) is 11.1 Å². The van der Waals surface area contributed by atoms with Gasteiger partial charge in [0.1, 0.15) is 15.8 Å². The number of aromatic nitrogens is 2. The van der Waals surface area contributed by atoms with Crippen molar-refractivity contribution in [2.24, 2.45) is 0 Å². The quantitative estimate of drug-likeness (QED) is 0.822. The predicted molar refractivity (Wildman–Crippen MR) is 86.6 cm³/mol. The Morgan fingerprint density at radius 2 is 2.20 bits per heavy atom. The molecule has 0 bridgehead atoms. The lowest BCUT2D eigenvalue weighted by molar-refractivity contribution is 0.302. The Hall–Kier alpha value is -1.18. The lowest BCUT2D eigenvalue weighted by atomic mass is 10.2. The molecule has 0 atom stereocenters. The van der Waals surface area contributed by atoms with Gasteiger partial charge in [-0.1, -0.05) is 13.3 Å². The van der Waals surface area contributed by atoms with E-state index in [0.29, 0.717) is 12.4 Å². The fraction of sp³-hybridized carbons (Fsp3) is 0.538. The molecule has 2 heterocycles. The SMILES string of the molecule is CCCCN(CCO)c1snc(N)c1-c1nc(C)cs1. The van der Waals surface area contributed by atoms with E-state index >= 15 is 0 Å². The molecule has 2 rings (SSSR count). The normalized spacial score (nSPS) is 10.9. The maximum atomic E-state index is 9.27. The molecule has 0 saturated heterocycles. The summed E-state index contributed by atoms with van der Waals surface area (Å²) in [6.45, 7) is 5.74. The van der Waals surface area contributed by atoms with Crippen LogP contribution in [0, 0.1) is 6.92 Å². The van der Waals surface area contributed by atoms with Crippen molar-refractivity contribution in [1.82, 2.24) is 9.36 Å². The number of hydrogen-bond donors (Lipinski definition) is 2. The number of anilines is 2. The maximum absolute atomic E-state index is 9.27. The Bertz CT molecular complexity index is 552. The molecule has 0 radical (unpaired) electrons. The van der Waals surface area contributed by atoms with Crippen LogP contribution in [0.3, 0.4) is 0 Å². The third-order valence-electron chi connectivity index (χ3n) is 2.97. The summed E-state index contributed by atoms with van der Waals surface area (Å²) in [5.41, 5.74) is 7.93. The first kappa shape index (κ1) is 15.2. The molecule has 20 heavy (non-hydrogen) atoms. The number of thiazole rings is 1. The molecule has 0 amide bonds. The third-order valence-corrected chi connectivity index (χ3v) is 4.87. The van der Waals surface area contributed by atoms with Crippen LogP contribution in [-0.4, -0.2) is 34.2 Å². The molecule has 110 valence electrons. The van der Waals surface area contributed by atoms with Gasteiger partial charge in [-0.25, -0.2) is 4.98 Å². The van der Waals surface area contributed by atoms with Gasteiger partial charge in [0, 0.05) is 24.2 Å². The first-order chi connectivity index (χ1) is 9.67. The van der Waals surface area contributed by atoms with E-state index in [1.807, 2.05) is 12.3 Å². The first-order valence-corrected chi connectivity index (χ1v) is 8.36. The van der Waals surface area contributed by atoms with Crippen LogP contribution in [0.4, 0.5) is 10.8 Å².